The monoisotopic (exact) mass is 368 g/mol. The van der Waals surface area contributed by atoms with E-state index < -0.39 is 0 Å². The number of phenolic OH excluding ortho intramolecular Hbond substituents is 1. The lowest BCUT2D eigenvalue weighted by Gasteiger charge is -2.29. The Bertz CT molecular complexity index is 939. The summed E-state index contributed by atoms with van der Waals surface area (Å²) >= 11 is 12.9. The number of benzene rings is 3. The molecule has 0 atom stereocenters. The van der Waals surface area contributed by atoms with Crippen molar-refractivity contribution in [2.24, 2.45) is 0 Å². The molecule has 1 aliphatic carbocycles. The molecule has 2 nitrogen and oxygen atoms in total. The topological polar surface area (TPSA) is 37.3 Å². The fraction of sp³-hybridized carbons (Fsp3) is 0.0952. The van der Waals surface area contributed by atoms with Crippen LogP contribution in [0.25, 0.3) is 0 Å². The van der Waals surface area contributed by atoms with Crippen LogP contribution in [0.4, 0.5) is 0 Å². The van der Waals surface area contributed by atoms with Gasteiger partial charge < -0.3 is 5.11 Å². The highest BCUT2D eigenvalue weighted by Gasteiger charge is 2.34. The van der Waals surface area contributed by atoms with Gasteiger partial charge in [-0.25, -0.2) is 0 Å². The van der Waals surface area contributed by atoms with Crippen LogP contribution in [0.2, 0.25) is 10.0 Å². The van der Waals surface area contributed by atoms with E-state index in [-0.39, 0.29) is 17.5 Å². The lowest BCUT2D eigenvalue weighted by Crippen LogP contribution is -2.22. The average Bonchev–Trinajstić information content (AvgIpc) is 2.59. The molecular weight excluding hydrogens is 355 g/mol. The summed E-state index contributed by atoms with van der Waals surface area (Å²) in [6.07, 6.45) is 0.592. The van der Waals surface area contributed by atoms with Crippen LogP contribution in [0.5, 0.6) is 5.75 Å². The number of ketones is 1. The number of carbonyl (C=O) groups excluding carboxylic acids is 1. The second-order valence-electron chi connectivity index (χ2n) is 6.16. The van der Waals surface area contributed by atoms with Crippen LogP contribution < -0.4 is 0 Å². The van der Waals surface area contributed by atoms with Gasteiger partial charge in [0.25, 0.3) is 0 Å². The van der Waals surface area contributed by atoms with Gasteiger partial charge in [0.1, 0.15) is 5.75 Å². The lowest BCUT2D eigenvalue weighted by atomic mass is 9.75. The fourth-order valence-corrected chi connectivity index (χ4v) is 4.20. The summed E-state index contributed by atoms with van der Waals surface area (Å²) in [5.41, 5.74) is 3.80. The summed E-state index contributed by atoms with van der Waals surface area (Å²) < 4.78 is 0. The molecule has 0 spiro atoms. The molecule has 0 heterocycles. The van der Waals surface area contributed by atoms with Gasteiger partial charge in [0.05, 0.1) is 0 Å². The number of hydrogen-bond donors (Lipinski definition) is 1. The molecule has 0 aromatic heterocycles. The predicted octanol–water partition coefficient (Wildman–Crippen LogP) is 5.62. The molecule has 0 saturated carbocycles. The van der Waals surface area contributed by atoms with E-state index >= 15 is 0 Å². The first-order valence-electron chi connectivity index (χ1n) is 7.95. The molecule has 1 aliphatic rings. The molecule has 3 aromatic carbocycles. The number of rotatable bonds is 2. The van der Waals surface area contributed by atoms with E-state index in [0.29, 0.717) is 27.6 Å². The SMILES string of the molecule is O=C1c2cccc(Cl)c2C(Cc2cccc(O)c2)c2c(Cl)cccc21. The molecule has 0 saturated heterocycles. The van der Waals surface area contributed by atoms with E-state index in [2.05, 4.69) is 0 Å². The molecule has 1 N–H and O–H groups in total. The Morgan fingerprint density at radius 3 is 1.96 bits per heavy atom. The van der Waals surface area contributed by atoms with Crippen molar-refractivity contribution in [2.75, 3.05) is 0 Å². The Hall–Kier alpha value is -2.29. The average molecular weight is 369 g/mol. The van der Waals surface area contributed by atoms with Crippen LogP contribution >= 0.6 is 23.2 Å². The number of hydrogen-bond acceptors (Lipinski definition) is 2. The fourth-order valence-electron chi connectivity index (χ4n) is 3.59. The number of fused-ring (bicyclic) bond motifs is 2. The molecule has 4 rings (SSSR count). The first kappa shape index (κ1) is 16.2. The largest absolute Gasteiger partial charge is 0.508 e. The van der Waals surface area contributed by atoms with Gasteiger partial charge in [-0.3, -0.25) is 4.79 Å². The second-order valence-corrected chi connectivity index (χ2v) is 6.97. The zero-order chi connectivity index (χ0) is 17.6. The van der Waals surface area contributed by atoms with Gasteiger partial charge in [0.2, 0.25) is 0 Å². The third-order valence-electron chi connectivity index (χ3n) is 4.64. The molecular formula is C21H14Cl2O2. The summed E-state index contributed by atoms with van der Waals surface area (Å²) in [5, 5.41) is 10.9. The Morgan fingerprint density at radius 2 is 1.40 bits per heavy atom. The minimum atomic E-state index is -0.146. The van der Waals surface area contributed by atoms with Gasteiger partial charge in [-0.15, -0.1) is 0 Å². The normalized spacial score (nSPS) is 13.4. The van der Waals surface area contributed by atoms with E-state index in [0.717, 1.165) is 16.7 Å². The van der Waals surface area contributed by atoms with E-state index in [9.17, 15) is 9.90 Å². The highest BCUT2D eigenvalue weighted by molar-refractivity contribution is 6.34. The number of aromatic hydroxyl groups is 1. The molecule has 0 amide bonds. The van der Waals surface area contributed by atoms with Gasteiger partial charge in [-0.05, 0) is 47.4 Å². The third-order valence-corrected chi connectivity index (χ3v) is 5.30. The molecule has 25 heavy (non-hydrogen) atoms. The Morgan fingerprint density at radius 1 is 0.840 bits per heavy atom. The van der Waals surface area contributed by atoms with Crippen molar-refractivity contribution in [3.63, 3.8) is 0 Å². The molecule has 0 aliphatic heterocycles. The Balaban J connectivity index is 1.94. The van der Waals surface area contributed by atoms with Crippen molar-refractivity contribution >= 4 is 29.0 Å². The van der Waals surface area contributed by atoms with Crippen LogP contribution in [-0.4, -0.2) is 10.9 Å². The van der Waals surface area contributed by atoms with Crippen molar-refractivity contribution in [2.45, 2.75) is 12.3 Å². The number of halogens is 2. The third kappa shape index (κ3) is 2.72. The van der Waals surface area contributed by atoms with E-state index in [1.54, 1.807) is 42.5 Å². The summed E-state index contributed by atoms with van der Waals surface area (Å²) in [4.78, 5) is 12.9. The van der Waals surface area contributed by atoms with Crippen molar-refractivity contribution in [1.82, 2.24) is 0 Å². The molecule has 0 fully saturated rings. The van der Waals surface area contributed by atoms with E-state index in [1.807, 2.05) is 18.2 Å². The highest BCUT2D eigenvalue weighted by Crippen LogP contribution is 2.44. The van der Waals surface area contributed by atoms with Crippen molar-refractivity contribution in [3.8, 4) is 5.75 Å². The molecule has 0 unspecified atom stereocenters. The van der Waals surface area contributed by atoms with Gasteiger partial charge in [0, 0.05) is 27.1 Å². The lowest BCUT2D eigenvalue weighted by molar-refractivity contribution is 0.103. The number of phenols is 1. The van der Waals surface area contributed by atoms with Crippen LogP contribution in [0.3, 0.4) is 0 Å². The summed E-state index contributed by atoms with van der Waals surface area (Å²) in [7, 11) is 0. The smallest absolute Gasteiger partial charge is 0.193 e. The Kier molecular flexibility index (Phi) is 4.03. The van der Waals surface area contributed by atoms with Crippen LogP contribution in [-0.2, 0) is 6.42 Å². The standard InChI is InChI=1S/C21H14Cl2O2/c22-17-8-2-6-14-19(17)16(11-12-4-1-5-13(24)10-12)20-15(21(14)25)7-3-9-18(20)23/h1-10,16,24H,11H2. The number of carbonyl (C=O) groups is 1. The Labute approximate surface area is 155 Å². The quantitative estimate of drug-likeness (QED) is 0.637. The zero-order valence-corrected chi connectivity index (χ0v) is 14.7. The van der Waals surface area contributed by atoms with Crippen molar-refractivity contribution in [3.05, 3.63) is 98.5 Å². The first-order chi connectivity index (χ1) is 12.1. The zero-order valence-electron chi connectivity index (χ0n) is 13.2. The maximum absolute atomic E-state index is 12.9. The van der Waals surface area contributed by atoms with Crippen LogP contribution in [0.1, 0.15) is 38.5 Å². The van der Waals surface area contributed by atoms with Crippen molar-refractivity contribution < 1.29 is 9.90 Å². The first-order valence-corrected chi connectivity index (χ1v) is 8.71. The van der Waals surface area contributed by atoms with Gasteiger partial charge in [-0.1, -0.05) is 59.6 Å². The molecule has 124 valence electrons. The predicted molar refractivity (Wildman–Crippen MR) is 100.0 cm³/mol. The van der Waals surface area contributed by atoms with Gasteiger partial charge in [-0.2, -0.15) is 0 Å². The van der Waals surface area contributed by atoms with E-state index in [1.165, 1.54) is 0 Å². The minimum Gasteiger partial charge on any atom is -0.508 e. The van der Waals surface area contributed by atoms with Gasteiger partial charge in [0.15, 0.2) is 5.78 Å². The summed E-state index contributed by atoms with van der Waals surface area (Å²) in [5.74, 6) is 0.0113. The molecule has 0 radical (unpaired) electrons. The van der Waals surface area contributed by atoms with Crippen molar-refractivity contribution in [1.29, 1.82) is 0 Å². The van der Waals surface area contributed by atoms with Gasteiger partial charge >= 0.3 is 0 Å². The molecule has 0 bridgehead atoms. The summed E-state index contributed by atoms with van der Waals surface area (Å²) in [6, 6.07) is 17.9. The van der Waals surface area contributed by atoms with Crippen LogP contribution in [0, 0.1) is 0 Å². The second kappa shape index (κ2) is 6.21. The summed E-state index contributed by atoms with van der Waals surface area (Å²) in [6.45, 7) is 0. The van der Waals surface area contributed by atoms with Crippen LogP contribution in [0.15, 0.2) is 60.7 Å². The minimum absolute atomic E-state index is 0.0536. The van der Waals surface area contributed by atoms with E-state index in [4.69, 9.17) is 23.2 Å². The maximum Gasteiger partial charge on any atom is 0.193 e. The highest BCUT2D eigenvalue weighted by atomic mass is 35.5. The maximum atomic E-state index is 12.9. The molecule has 4 heteroatoms. The molecule has 3 aromatic rings.